The first-order valence-corrected chi connectivity index (χ1v) is 15.9. The van der Waals surface area contributed by atoms with E-state index in [9.17, 15) is 18.0 Å². The van der Waals surface area contributed by atoms with E-state index in [1.54, 1.807) is 36.4 Å². The van der Waals surface area contributed by atoms with Gasteiger partial charge in [-0.25, -0.2) is 8.42 Å². The van der Waals surface area contributed by atoms with Gasteiger partial charge in [0.1, 0.15) is 12.6 Å². The van der Waals surface area contributed by atoms with Crippen LogP contribution >= 0.6 is 34.8 Å². The molecule has 1 N–H and O–H groups in total. The zero-order chi connectivity index (χ0) is 30.2. The van der Waals surface area contributed by atoms with Gasteiger partial charge in [-0.15, -0.1) is 0 Å². The SMILES string of the molecule is CCCCNC(=O)[C@H](CC)N(Cc1ccc(Cl)cc1)C(=O)CN(c1cc(Cl)cc(Cl)c1)S(=O)(=O)c1ccc(C)cc1. The molecule has 0 aliphatic heterocycles. The summed E-state index contributed by atoms with van der Waals surface area (Å²) in [6.45, 7) is 5.64. The Morgan fingerprint density at radius 2 is 1.49 bits per heavy atom. The third kappa shape index (κ3) is 8.85. The van der Waals surface area contributed by atoms with Gasteiger partial charge in [-0.3, -0.25) is 13.9 Å². The van der Waals surface area contributed by atoms with Crippen LogP contribution in [0.2, 0.25) is 15.1 Å². The minimum Gasteiger partial charge on any atom is -0.354 e. The van der Waals surface area contributed by atoms with Crippen molar-refractivity contribution in [2.75, 3.05) is 17.4 Å². The average molecular weight is 639 g/mol. The van der Waals surface area contributed by atoms with Crippen LogP contribution in [0.25, 0.3) is 0 Å². The Labute approximate surface area is 257 Å². The number of carbonyl (C=O) groups is 2. The normalized spacial score (nSPS) is 12.0. The van der Waals surface area contributed by atoms with E-state index in [2.05, 4.69) is 5.32 Å². The van der Waals surface area contributed by atoms with Gasteiger partial charge >= 0.3 is 0 Å². The summed E-state index contributed by atoms with van der Waals surface area (Å²) in [5, 5.41) is 3.86. The van der Waals surface area contributed by atoms with Crippen LogP contribution in [-0.4, -0.2) is 44.3 Å². The van der Waals surface area contributed by atoms with E-state index in [0.717, 1.165) is 28.3 Å². The van der Waals surface area contributed by atoms with E-state index in [-0.39, 0.29) is 33.1 Å². The van der Waals surface area contributed by atoms with Crippen LogP contribution in [0.4, 0.5) is 5.69 Å². The zero-order valence-electron chi connectivity index (χ0n) is 23.2. The standard InChI is InChI=1S/C30H34Cl3N3O4S/c1-4-6-15-34-30(38)28(5-2)35(19-22-9-11-23(31)12-10-22)29(37)20-36(26-17-24(32)16-25(33)18-26)41(39,40)27-13-7-21(3)8-14-27/h7-14,16-18,28H,4-6,15,19-20H2,1-3H3,(H,34,38)/t28-/m0/s1. The van der Waals surface area contributed by atoms with Crippen LogP contribution in [0, 0.1) is 6.92 Å². The minimum absolute atomic E-state index is 0.000555. The molecule has 0 aliphatic carbocycles. The number of carbonyl (C=O) groups excluding carboxylic acids is 2. The predicted octanol–water partition coefficient (Wildman–Crippen LogP) is 6.87. The van der Waals surface area contributed by atoms with Gasteiger partial charge in [0, 0.05) is 28.2 Å². The van der Waals surface area contributed by atoms with Gasteiger partial charge in [0.15, 0.2) is 0 Å². The summed E-state index contributed by atoms with van der Waals surface area (Å²) >= 11 is 18.5. The van der Waals surface area contributed by atoms with Gasteiger partial charge in [-0.1, -0.05) is 84.9 Å². The van der Waals surface area contributed by atoms with Gasteiger partial charge in [-0.05, 0) is 67.8 Å². The lowest BCUT2D eigenvalue weighted by atomic mass is 10.1. The number of nitrogens with one attached hydrogen (secondary N) is 1. The van der Waals surface area contributed by atoms with E-state index in [1.165, 1.54) is 35.2 Å². The van der Waals surface area contributed by atoms with E-state index < -0.39 is 28.5 Å². The van der Waals surface area contributed by atoms with Crippen LogP contribution in [0.3, 0.4) is 0 Å². The van der Waals surface area contributed by atoms with Crippen molar-refractivity contribution >= 4 is 62.3 Å². The van der Waals surface area contributed by atoms with Crippen molar-refractivity contribution in [1.82, 2.24) is 10.2 Å². The number of halogens is 3. The molecular weight excluding hydrogens is 605 g/mol. The van der Waals surface area contributed by atoms with Crippen molar-refractivity contribution in [3.8, 4) is 0 Å². The van der Waals surface area contributed by atoms with E-state index in [4.69, 9.17) is 34.8 Å². The zero-order valence-corrected chi connectivity index (χ0v) is 26.3. The quantitative estimate of drug-likeness (QED) is 0.207. The molecule has 3 rings (SSSR count). The monoisotopic (exact) mass is 637 g/mol. The molecule has 1 atom stereocenters. The molecule has 0 spiro atoms. The van der Waals surface area contributed by atoms with Gasteiger partial charge in [0.2, 0.25) is 11.8 Å². The molecule has 41 heavy (non-hydrogen) atoms. The summed E-state index contributed by atoms with van der Waals surface area (Å²) in [7, 11) is -4.23. The fourth-order valence-corrected chi connectivity index (χ4v) is 6.30. The summed E-state index contributed by atoms with van der Waals surface area (Å²) in [5.41, 5.74) is 1.75. The van der Waals surface area contributed by atoms with Crippen molar-refractivity contribution < 1.29 is 18.0 Å². The largest absolute Gasteiger partial charge is 0.354 e. The maximum atomic E-state index is 14.1. The minimum atomic E-state index is -4.23. The van der Waals surface area contributed by atoms with Crippen LogP contribution in [-0.2, 0) is 26.2 Å². The maximum absolute atomic E-state index is 14.1. The molecule has 7 nitrogen and oxygen atoms in total. The number of unbranched alkanes of at least 4 members (excludes halogenated alkanes) is 1. The molecule has 220 valence electrons. The Balaban J connectivity index is 2.06. The lowest BCUT2D eigenvalue weighted by Gasteiger charge is -2.33. The van der Waals surface area contributed by atoms with E-state index in [1.807, 2.05) is 20.8 Å². The molecule has 0 aromatic heterocycles. The highest BCUT2D eigenvalue weighted by Gasteiger charge is 2.34. The highest BCUT2D eigenvalue weighted by Crippen LogP contribution is 2.30. The van der Waals surface area contributed by atoms with Crippen molar-refractivity contribution in [1.29, 1.82) is 0 Å². The van der Waals surface area contributed by atoms with Gasteiger partial charge in [0.25, 0.3) is 10.0 Å². The number of anilines is 1. The number of sulfonamides is 1. The van der Waals surface area contributed by atoms with Crippen LogP contribution in [0.5, 0.6) is 0 Å². The summed E-state index contributed by atoms with van der Waals surface area (Å²) < 4.78 is 28.9. The molecule has 0 heterocycles. The van der Waals surface area contributed by atoms with Gasteiger partial charge in [0.05, 0.1) is 10.6 Å². The molecule has 0 bridgehead atoms. The molecule has 0 aliphatic rings. The molecule has 0 unspecified atom stereocenters. The van der Waals surface area contributed by atoms with E-state index in [0.29, 0.717) is 18.0 Å². The summed E-state index contributed by atoms with van der Waals surface area (Å²) in [6.07, 6.45) is 2.02. The fourth-order valence-electron chi connectivity index (χ4n) is 4.26. The van der Waals surface area contributed by atoms with Crippen LogP contribution in [0.1, 0.15) is 44.2 Å². The molecule has 0 fully saturated rings. The molecule has 0 saturated heterocycles. The summed E-state index contributed by atoms with van der Waals surface area (Å²) in [6, 6.07) is 16.8. The van der Waals surface area contributed by atoms with Crippen LogP contribution < -0.4 is 9.62 Å². The molecule has 11 heteroatoms. The number of hydrogen-bond donors (Lipinski definition) is 1. The van der Waals surface area contributed by atoms with Gasteiger partial charge in [-0.2, -0.15) is 0 Å². The predicted molar refractivity (Wildman–Crippen MR) is 166 cm³/mol. The number of aryl methyl sites for hydroxylation is 1. The Hall–Kier alpha value is -2.78. The fraction of sp³-hybridized carbons (Fsp3) is 0.333. The molecule has 0 radical (unpaired) electrons. The summed E-state index contributed by atoms with van der Waals surface area (Å²) in [4.78, 5) is 28.7. The third-order valence-corrected chi connectivity index (χ3v) is 8.98. The number of benzene rings is 3. The first-order chi connectivity index (χ1) is 19.5. The second kappa shape index (κ2) is 14.9. The van der Waals surface area contributed by atoms with Crippen molar-refractivity contribution in [2.24, 2.45) is 0 Å². The number of nitrogens with zero attached hydrogens (tertiary/aromatic N) is 2. The molecule has 0 saturated carbocycles. The Bertz CT molecular complexity index is 1430. The maximum Gasteiger partial charge on any atom is 0.264 e. The highest BCUT2D eigenvalue weighted by atomic mass is 35.5. The number of hydrogen-bond acceptors (Lipinski definition) is 4. The molecular formula is C30H34Cl3N3O4S. The molecule has 3 aromatic carbocycles. The number of amides is 2. The third-order valence-electron chi connectivity index (χ3n) is 6.50. The van der Waals surface area contributed by atoms with Gasteiger partial charge < -0.3 is 10.2 Å². The Kier molecular flexibility index (Phi) is 11.9. The summed E-state index contributed by atoms with van der Waals surface area (Å²) in [5.74, 6) is -0.869. The first-order valence-electron chi connectivity index (χ1n) is 13.3. The van der Waals surface area contributed by atoms with Crippen molar-refractivity contribution in [2.45, 2.75) is 57.5 Å². The Morgan fingerprint density at radius 1 is 0.878 bits per heavy atom. The smallest absolute Gasteiger partial charge is 0.264 e. The Morgan fingerprint density at radius 3 is 2.05 bits per heavy atom. The van der Waals surface area contributed by atoms with Crippen LogP contribution in [0.15, 0.2) is 71.6 Å². The first kappa shape index (κ1) is 32.7. The second-order valence-electron chi connectivity index (χ2n) is 9.67. The van der Waals surface area contributed by atoms with Crippen molar-refractivity contribution in [3.63, 3.8) is 0 Å². The van der Waals surface area contributed by atoms with E-state index >= 15 is 0 Å². The highest BCUT2D eigenvalue weighted by molar-refractivity contribution is 7.92. The average Bonchev–Trinajstić information content (AvgIpc) is 2.92. The lowest BCUT2D eigenvalue weighted by molar-refractivity contribution is -0.140. The topological polar surface area (TPSA) is 86.8 Å². The molecule has 3 aromatic rings. The van der Waals surface area contributed by atoms with Crippen molar-refractivity contribution in [3.05, 3.63) is 92.9 Å². The lowest BCUT2D eigenvalue weighted by Crippen LogP contribution is -2.52. The second-order valence-corrected chi connectivity index (χ2v) is 12.8. The molecule has 2 amide bonds. The number of rotatable bonds is 13.